The number of nitrogens with one attached hydrogen (secondary N) is 1. The van der Waals surface area contributed by atoms with Gasteiger partial charge in [0.05, 0.1) is 0 Å². The molecule has 0 amide bonds. The normalized spacial score (nSPS) is 14.7. The predicted molar refractivity (Wildman–Crippen MR) is 40.1 cm³/mol. The van der Waals surface area contributed by atoms with E-state index in [1.54, 1.807) is 0 Å². The van der Waals surface area contributed by atoms with Crippen LogP contribution in [0.4, 0.5) is 13.2 Å². The summed E-state index contributed by atoms with van der Waals surface area (Å²) in [6.07, 6.45) is -1.61. The zero-order chi connectivity index (χ0) is 9.19. The number of imidazole rings is 1. The van der Waals surface area contributed by atoms with Crippen LogP contribution in [0.2, 0.25) is 0 Å². The van der Waals surface area contributed by atoms with E-state index in [2.05, 4.69) is 9.97 Å². The van der Waals surface area contributed by atoms with Crippen molar-refractivity contribution in [2.45, 2.75) is 16.0 Å². The molecule has 1 rings (SSSR count). The topological polar surface area (TPSA) is 28.7 Å². The lowest BCUT2D eigenvalue weighted by Gasteiger charge is -2.10. The summed E-state index contributed by atoms with van der Waals surface area (Å²) in [6.45, 7) is 0. The zero-order valence-electron chi connectivity index (χ0n) is 5.60. The van der Waals surface area contributed by atoms with E-state index >= 15 is 0 Å². The molecule has 0 saturated heterocycles. The number of hydrogen-bond donors (Lipinski definition) is 1. The van der Waals surface area contributed by atoms with Crippen LogP contribution in [-0.4, -0.2) is 20.9 Å². The molecule has 0 saturated carbocycles. The molecule has 0 spiro atoms. The van der Waals surface area contributed by atoms with Gasteiger partial charge in [-0.05, 0) is 0 Å². The Balaban J connectivity index is 2.53. The molecule has 2 nitrogen and oxygen atoms in total. The summed E-state index contributed by atoms with van der Waals surface area (Å²) >= 11 is 5.46. The molecule has 12 heavy (non-hydrogen) atoms. The summed E-state index contributed by atoms with van der Waals surface area (Å²) in [5.41, 5.74) is 0. The molecule has 0 aliphatic heterocycles. The van der Waals surface area contributed by atoms with Crippen LogP contribution in [-0.2, 0) is 0 Å². The molecule has 1 aromatic heterocycles. The van der Waals surface area contributed by atoms with E-state index in [-0.39, 0.29) is 5.16 Å². The van der Waals surface area contributed by atoms with Crippen molar-refractivity contribution in [3.63, 3.8) is 0 Å². The van der Waals surface area contributed by atoms with Crippen LogP contribution in [0.5, 0.6) is 0 Å². The monoisotopic (exact) mass is 216 g/mol. The summed E-state index contributed by atoms with van der Waals surface area (Å²) in [4.78, 5) is 6.10. The molecule has 0 aromatic carbocycles. The van der Waals surface area contributed by atoms with Gasteiger partial charge in [0.15, 0.2) is 9.87 Å². The SMILES string of the molecule is FC(F)(F)C(Cl)Sc1ncc[nH]1. The summed E-state index contributed by atoms with van der Waals surface area (Å²) in [5.74, 6) is 0. The minimum Gasteiger partial charge on any atom is -0.340 e. The Labute approximate surface area is 75.5 Å². The molecule has 1 unspecified atom stereocenters. The number of halogens is 4. The number of nitrogens with zero attached hydrogens (tertiary/aromatic N) is 1. The first-order chi connectivity index (χ1) is 5.50. The lowest BCUT2D eigenvalue weighted by molar-refractivity contribution is -0.113. The average molecular weight is 217 g/mol. The first-order valence-electron chi connectivity index (χ1n) is 2.87. The van der Waals surface area contributed by atoms with Crippen molar-refractivity contribution in [1.82, 2.24) is 9.97 Å². The van der Waals surface area contributed by atoms with E-state index < -0.39 is 10.9 Å². The molecule has 0 bridgehead atoms. The second-order valence-corrected chi connectivity index (χ2v) is 3.66. The molecule has 0 aliphatic carbocycles. The average Bonchev–Trinajstić information content (AvgIpc) is 2.37. The van der Waals surface area contributed by atoms with Gasteiger partial charge in [-0.3, -0.25) is 0 Å². The number of aromatic nitrogens is 2. The highest BCUT2D eigenvalue weighted by atomic mass is 35.5. The highest BCUT2D eigenvalue weighted by Gasteiger charge is 2.39. The largest absolute Gasteiger partial charge is 0.414 e. The van der Waals surface area contributed by atoms with Crippen LogP contribution in [0.1, 0.15) is 0 Å². The molecule has 0 aliphatic rings. The number of thioether (sulfide) groups is 1. The van der Waals surface area contributed by atoms with E-state index in [0.29, 0.717) is 11.8 Å². The minimum atomic E-state index is -4.40. The molecular formula is C5H4ClF3N2S. The Hall–Kier alpha value is -0.360. The van der Waals surface area contributed by atoms with Gasteiger partial charge in [0, 0.05) is 12.4 Å². The molecule has 7 heteroatoms. The zero-order valence-corrected chi connectivity index (χ0v) is 7.17. The minimum absolute atomic E-state index is 0.160. The Bertz CT molecular complexity index is 235. The van der Waals surface area contributed by atoms with Crippen molar-refractivity contribution >= 4 is 23.4 Å². The predicted octanol–water partition coefficient (Wildman–Crippen LogP) is 2.63. The summed E-state index contributed by atoms with van der Waals surface area (Å²) in [6, 6.07) is 0. The van der Waals surface area contributed by atoms with Crippen LogP contribution in [0.25, 0.3) is 0 Å². The maximum Gasteiger partial charge on any atom is 0.414 e. The second-order valence-electron chi connectivity index (χ2n) is 1.87. The van der Waals surface area contributed by atoms with E-state index in [4.69, 9.17) is 11.6 Å². The molecule has 1 atom stereocenters. The maximum absolute atomic E-state index is 11.8. The van der Waals surface area contributed by atoms with E-state index in [1.165, 1.54) is 12.4 Å². The van der Waals surface area contributed by atoms with Gasteiger partial charge in [-0.1, -0.05) is 11.8 Å². The van der Waals surface area contributed by atoms with E-state index in [1.807, 2.05) is 0 Å². The number of H-pyrrole nitrogens is 1. The van der Waals surface area contributed by atoms with Crippen molar-refractivity contribution in [3.8, 4) is 0 Å². The molecule has 0 fully saturated rings. The summed E-state index contributed by atoms with van der Waals surface area (Å²) < 4.78 is 33.6. The van der Waals surface area contributed by atoms with Gasteiger partial charge in [-0.2, -0.15) is 13.2 Å². The van der Waals surface area contributed by atoms with Gasteiger partial charge >= 0.3 is 6.18 Å². The van der Waals surface area contributed by atoms with Gasteiger partial charge in [-0.15, -0.1) is 11.6 Å². The van der Waals surface area contributed by atoms with Crippen molar-refractivity contribution in [3.05, 3.63) is 12.4 Å². The lowest BCUT2D eigenvalue weighted by atomic mass is 10.8. The fourth-order valence-corrected chi connectivity index (χ4v) is 1.32. The molecule has 1 aromatic rings. The molecule has 1 N–H and O–H groups in total. The Kier molecular flexibility index (Phi) is 2.89. The van der Waals surface area contributed by atoms with Gasteiger partial charge in [-0.25, -0.2) is 4.98 Å². The van der Waals surface area contributed by atoms with E-state index in [9.17, 15) is 13.2 Å². The number of hydrogen-bond acceptors (Lipinski definition) is 2. The highest BCUT2D eigenvalue weighted by Crippen LogP contribution is 2.35. The van der Waals surface area contributed by atoms with Crippen LogP contribution in [0.15, 0.2) is 17.6 Å². The number of alkyl halides is 4. The first kappa shape index (κ1) is 9.73. The quantitative estimate of drug-likeness (QED) is 0.608. The highest BCUT2D eigenvalue weighted by molar-refractivity contribution is 8.01. The van der Waals surface area contributed by atoms with Crippen molar-refractivity contribution in [2.24, 2.45) is 0 Å². The molecule has 68 valence electrons. The second kappa shape index (κ2) is 3.57. The van der Waals surface area contributed by atoms with Gasteiger partial charge in [0.1, 0.15) is 0 Å². The number of rotatable bonds is 2. The van der Waals surface area contributed by atoms with Crippen LogP contribution < -0.4 is 0 Å². The summed E-state index contributed by atoms with van der Waals surface area (Å²) in [7, 11) is 0. The molecule has 0 radical (unpaired) electrons. The fraction of sp³-hybridized carbons (Fsp3) is 0.400. The Morgan fingerprint density at radius 2 is 2.25 bits per heavy atom. The standard InChI is InChI=1S/C5H4ClF3N2S/c6-3(5(7,8)9)12-4-10-1-2-11-4/h1-3H,(H,10,11). The smallest absolute Gasteiger partial charge is 0.340 e. The van der Waals surface area contributed by atoms with E-state index in [0.717, 1.165) is 0 Å². The van der Waals surface area contributed by atoms with Crippen molar-refractivity contribution in [1.29, 1.82) is 0 Å². The fourth-order valence-electron chi connectivity index (χ4n) is 0.480. The third kappa shape index (κ3) is 2.60. The first-order valence-corrected chi connectivity index (χ1v) is 4.18. The van der Waals surface area contributed by atoms with Crippen LogP contribution in [0, 0.1) is 0 Å². The van der Waals surface area contributed by atoms with Crippen molar-refractivity contribution < 1.29 is 13.2 Å². The van der Waals surface area contributed by atoms with Crippen LogP contribution in [0.3, 0.4) is 0 Å². The van der Waals surface area contributed by atoms with Gasteiger partial charge < -0.3 is 4.98 Å². The molecule has 1 heterocycles. The Morgan fingerprint density at radius 1 is 1.58 bits per heavy atom. The van der Waals surface area contributed by atoms with Gasteiger partial charge in [0.25, 0.3) is 0 Å². The maximum atomic E-state index is 11.8. The third-order valence-electron chi connectivity index (χ3n) is 0.946. The lowest BCUT2D eigenvalue weighted by Crippen LogP contribution is -2.19. The van der Waals surface area contributed by atoms with Crippen molar-refractivity contribution in [2.75, 3.05) is 0 Å². The van der Waals surface area contributed by atoms with Gasteiger partial charge in [0.2, 0.25) is 0 Å². The summed E-state index contributed by atoms with van der Waals surface area (Å²) in [5, 5.41) is 0.160. The number of aromatic amines is 1. The third-order valence-corrected chi connectivity index (χ3v) is 2.38. The Morgan fingerprint density at radius 3 is 2.67 bits per heavy atom. The molecular weight excluding hydrogens is 213 g/mol. The van der Waals surface area contributed by atoms with Crippen LogP contribution >= 0.6 is 23.4 Å².